The van der Waals surface area contributed by atoms with Crippen LogP contribution in [0.2, 0.25) is 0 Å². The van der Waals surface area contributed by atoms with Crippen molar-refractivity contribution < 1.29 is 14.3 Å². The van der Waals surface area contributed by atoms with Crippen molar-refractivity contribution in [3.05, 3.63) is 29.1 Å². The first-order valence-electron chi connectivity index (χ1n) is 6.81. The van der Waals surface area contributed by atoms with Crippen LogP contribution in [0.4, 0.5) is 4.79 Å². The molecule has 1 aliphatic carbocycles. The largest absolute Gasteiger partial charge is 0.444 e. The zero-order chi connectivity index (χ0) is 14.8. The number of carbonyl (C=O) groups is 2. The first-order chi connectivity index (χ1) is 9.39. The number of rotatable bonds is 4. The minimum Gasteiger partial charge on any atom is -0.444 e. The maximum absolute atomic E-state index is 11.5. The first kappa shape index (κ1) is 14.5. The number of nitrogens with zero attached hydrogens (tertiary/aromatic N) is 1. The lowest BCUT2D eigenvalue weighted by Gasteiger charge is -2.19. The SMILES string of the molecule is CC(C)(C)OC(=O)NCc1ccc(C2CC2)c(C=O)n1. The van der Waals surface area contributed by atoms with Crippen LogP contribution < -0.4 is 5.32 Å². The van der Waals surface area contributed by atoms with Crippen molar-refractivity contribution in [3.8, 4) is 0 Å². The standard InChI is InChI=1S/C15H20N2O3/c1-15(2,3)20-14(19)16-8-11-6-7-12(10-4-5-10)13(9-18)17-11/h6-7,9-10H,4-5,8H2,1-3H3,(H,16,19). The van der Waals surface area contributed by atoms with Crippen molar-refractivity contribution in [2.75, 3.05) is 0 Å². The topological polar surface area (TPSA) is 68.3 Å². The van der Waals surface area contributed by atoms with Crippen LogP contribution >= 0.6 is 0 Å². The Labute approximate surface area is 118 Å². The monoisotopic (exact) mass is 276 g/mol. The molecule has 1 heterocycles. The number of aromatic nitrogens is 1. The van der Waals surface area contributed by atoms with Crippen LogP contribution in [-0.4, -0.2) is 23.0 Å². The van der Waals surface area contributed by atoms with Crippen LogP contribution in [0.1, 0.15) is 61.3 Å². The second-order valence-electron chi connectivity index (χ2n) is 6.02. The van der Waals surface area contributed by atoms with Gasteiger partial charge in [-0.15, -0.1) is 0 Å². The van der Waals surface area contributed by atoms with Gasteiger partial charge in [-0.3, -0.25) is 4.79 Å². The smallest absolute Gasteiger partial charge is 0.407 e. The minimum atomic E-state index is -0.526. The van der Waals surface area contributed by atoms with E-state index >= 15 is 0 Å². The van der Waals surface area contributed by atoms with Gasteiger partial charge in [0.2, 0.25) is 0 Å². The third kappa shape index (κ3) is 4.05. The molecule has 1 amide bonds. The van der Waals surface area contributed by atoms with E-state index in [-0.39, 0.29) is 6.54 Å². The van der Waals surface area contributed by atoms with E-state index in [1.807, 2.05) is 12.1 Å². The molecule has 1 aromatic heterocycles. The molecule has 1 aromatic rings. The molecule has 5 nitrogen and oxygen atoms in total. The predicted octanol–water partition coefficient (Wildman–Crippen LogP) is 2.80. The Hall–Kier alpha value is -1.91. The lowest BCUT2D eigenvalue weighted by molar-refractivity contribution is 0.0523. The number of hydrogen-bond acceptors (Lipinski definition) is 4. The molecular weight excluding hydrogens is 256 g/mol. The third-order valence-corrected chi connectivity index (χ3v) is 2.96. The van der Waals surface area contributed by atoms with E-state index in [0.29, 0.717) is 17.3 Å². The van der Waals surface area contributed by atoms with Crippen molar-refractivity contribution in [3.63, 3.8) is 0 Å². The molecule has 20 heavy (non-hydrogen) atoms. The summed E-state index contributed by atoms with van der Waals surface area (Å²) < 4.78 is 5.14. The van der Waals surface area contributed by atoms with E-state index in [9.17, 15) is 9.59 Å². The Kier molecular flexibility index (Phi) is 4.06. The number of pyridine rings is 1. The molecule has 0 unspecified atom stereocenters. The predicted molar refractivity (Wildman–Crippen MR) is 74.7 cm³/mol. The highest BCUT2D eigenvalue weighted by molar-refractivity contribution is 5.75. The number of carbonyl (C=O) groups excluding carboxylic acids is 2. The van der Waals surface area contributed by atoms with Crippen LogP contribution in [0.3, 0.4) is 0 Å². The fourth-order valence-electron chi connectivity index (χ4n) is 1.94. The maximum atomic E-state index is 11.5. The highest BCUT2D eigenvalue weighted by atomic mass is 16.6. The number of alkyl carbamates (subject to hydrolysis) is 1. The summed E-state index contributed by atoms with van der Waals surface area (Å²) in [6.07, 6.45) is 2.54. The van der Waals surface area contributed by atoms with Crippen molar-refractivity contribution in [1.29, 1.82) is 0 Å². The number of aldehydes is 1. The van der Waals surface area contributed by atoms with E-state index in [1.54, 1.807) is 20.8 Å². The van der Waals surface area contributed by atoms with Gasteiger partial charge in [0.25, 0.3) is 0 Å². The molecule has 5 heteroatoms. The zero-order valence-electron chi connectivity index (χ0n) is 12.1. The summed E-state index contributed by atoms with van der Waals surface area (Å²) >= 11 is 0. The van der Waals surface area contributed by atoms with Gasteiger partial charge in [-0.05, 0) is 51.2 Å². The van der Waals surface area contributed by atoms with E-state index in [1.165, 1.54) is 0 Å². The Morgan fingerprint density at radius 2 is 2.15 bits per heavy atom. The van der Waals surface area contributed by atoms with E-state index < -0.39 is 11.7 Å². The Morgan fingerprint density at radius 1 is 1.45 bits per heavy atom. The van der Waals surface area contributed by atoms with Crippen LogP contribution in [0.15, 0.2) is 12.1 Å². The average molecular weight is 276 g/mol. The van der Waals surface area contributed by atoms with Gasteiger partial charge < -0.3 is 10.1 Å². The van der Waals surface area contributed by atoms with Gasteiger partial charge in [0.05, 0.1) is 12.2 Å². The van der Waals surface area contributed by atoms with Gasteiger partial charge in [0, 0.05) is 0 Å². The molecule has 0 atom stereocenters. The highest BCUT2D eigenvalue weighted by Crippen LogP contribution is 2.40. The van der Waals surface area contributed by atoms with Crippen LogP contribution in [0, 0.1) is 0 Å². The molecule has 2 rings (SSSR count). The Balaban J connectivity index is 1.96. The molecular formula is C15H20N2O3. The lowest BCUT2D eigenvalue weighted by atomic mass is 10.1. The summed E-state index contributed by atoms with van der Waals surface area (Å²) in [5.74, 6) is 0.482. The molecule has 1 aliphatic rings. The van der Waals surface area contributed by atoms with Gasteiger partial charge in [0.15, 0.2) is 6.29 Å². The highest BCUT2D eigenvalue weighted by Gasteiger charge is 2.26. The molecule has 1 saturated carbocycles. The second kappa shape index (κ2) is 5.61. The first-order valence-corrected chi connectivity index (χ1v) is 6.81. The number of hydrogen-bond donors (Lipinski definition) is 1. The minimum absolute atomic E-state index is 0.251. The lowest BCUT2D eigenvalue weighted by Crippen LogP contribution is -2.32. The molecule has 1 fully saturated rings. The summed E-state index contributed by atoms with van der Waals surface area (Å²) in [7, 11) is 0. The molecule has 0 saturated heterocycles. The van der Waals surface area contributed by atoms with Gasteiger partial charge >= 0.3 is 6.09 Å². The third-order valence-electron chi connectivity index (χ3n) is 2.96. The van der Waals surface area contributed by atoms with Gasteiger partial charge in [-0.25, -0.2) is 9.78 Å². The Morgan fingerprint density at radius 3 is 2.70 bits per heavy atom. The molecule has 0 bridgehead atoms. The zero-order valence-corrected chi connectivity index (χ0v) is 12.1. The summed E-state index contributed by atoms with van der Waals surface area (Å²) in [5, 5.41) is 2.63. The van der Waals surface area contributed by atoms with Gasteiger partial charge in [0.1, 0.15) is 11.3 Å². The van der Waals surface area contributed by atoms with Crippen LogP contribution in [-0.2, 0) is 11.3 Å². The van der Waals surface area contributed by atoms with Crippen molar-refractivity contribution in [2.24, 2.45) is 0 Å². The molecule has 0 radical (unpaired) electrons. The molecule has 0 aliphatic heterocycles. The second-order valence-corrected chi connectivity index (χ2v) is 6.02. The average Bonchev–Trinajstić information content (AvgIpc) is 3.18. The van der Waals surface area contributed by atoms with Gasteiger partial charge in [-0.2, -0.15) is 0 Å². The van der Waals surface area contributed by atoms with E-state index in [2.05, 4.69) is 10.3 Å². The normalized spacial score (nSPS) is 14.8. The van der Waals surface area contributed by atoms with Gasteiger partial charge in [-0.1, -0.05) is 6.07 Å². The maximum Gasteiger partial charge on any atom is 0.407 e. The summed E-state index contributed by atoms with van der Waals surface area (Å²) in [6, 6.07) is 3.78. The fraction of sp³-hybridized carbons (Fsp3) is 0.533. The quantitative estimate of drug-likeness (QED) is 0.859. The summed E-state index contributed by atoms with van der Waals surface area (Å²) in [6.45, 7) is 5.67. The van der Waals surface area contributed by atoms with E-state index in [4.69, 9.17) is 4.74 Å². The number of ether oxygens (including phenoxy) is 1. The molecule has 108 valence electrons. The number of amides is 1. The molecule has 0 aromatic carbocycles. The number of nitrogens with one attached hydrogen (secondary N) is 1. The van der Waals surface area contributed by atoms with Crippen molar-refractivity contribution in [1.82, 2.24) is 10.3 Å². The van der Waals surface area contributed by atoms with Crippen molar-refractivity contribution >= 4 is 12.4 Å². The van der Waals surface area contributed by atoms with E-state index in [0.717, 1.165) is 24.7 Å². The summed E-state index contributed by atoms with van der Waals surface area (Å²) in [5.41, 5.74) is 1.63. The van der Waals surface area contributed by atoms with Crippen LogP contribution in [0.5, 0.6) is 0 Å². The molecule has 1 N–H and O–H groups in total. The van der Waals surface area contributed by atoms with Crippen molar-refractivity contribution in [2.45, 2.75) is 51.7 Å². The fourth-order valence-corrected chi connectivity index (χ4v) is 1.94. The van der Waals surface area contributed by atoms with Crippen LogP contribution in [0.25, 0.3) is 0 Å². The molecule has 0 spiro atoms. The Bertz CT molecular complexity index is 516. The summed E-state index contributed by atoms with van der Waals surface area (Å²) in [4.78, 5) is 26.9.